The van der Waals surface area contributed by atoms with Crippen molar-refractivity contribution in [2.45, 2.75) is 6.92 Å². The summed E-state index contributed by atoms with van der Waals surface area (Å²) < 4.78 is 8.65. The minimum Gasteiger partial charge on any atom is -0.495 e. The maximum atomic E-state index is 13.3. The first-order chi connectivity index (χ1) is 14.6. The van der Waals surface area contributed by atoms with E-state index in [2.05, 4.69) is 10.1 Å². The minimum atomic E-state index is -0.225. The summed E-state index contributed by atoms with van der Waals surface area (Å²) >= 11 is 6.15. The lowest BCUT2D eigenvalue weighted by molar-refractivity contribution is 0.412. The van der Waals surface area contributed by atoms with Crippen LogP contribution in [0.25, 0.3) is 33.4 Å². The van der Waals surface area contributed by atoms with Crippen LogP contribution in [0, 0.1) is 6.92 Å². The molecule has 0 spiro atoms. The molecule has 0 N–H and O–H groups in total. The molecule has 0 aliphatic rings. The predicted octanol–water partition coefficient (Wildman–Crippen LogP) is 4.67. The molecule has 5 rings (SSSR count). The smallest absolute Gasteiger partial charge is 0.266 e. The third kappa shape index (κ3) is 2.76. The first-order valence-electron chi connectivity index (χ1n) is 9.37. The maximum Gasteiger partial charge on any atom is 0.266 e. The monoisotopic (exact) mass is 416 g/mol. The van der Waals surface area contributed by atoms with Crippen molar-refractivity contribution in [3.05, 3.63) is 88.1 Å². The van der Waals surface area contributed by atoms with Crippen LogP contribution in [0.3, 0.4) is 0 Å². The van der Waals surface area contributed by atoms with Gasteiger partial charge in [-0.3, -0.25) is 9.36 Å². The van der Waals surface area contributed by atoms with Gasteiger partial charge in [-0.1, -0.05) is 41.9 Å². The van der Waals surface area contributed by atoms with E-state index < -0.39 is 0 Å². The molecule has 0 fully saturated rings. The lowest BCUT2D eigenvalue weighted by atomic mass is 10.1. The fraction of sp³-hybridized carbons (Fsp3) is 0.0870. The van der Waals surface area contributed by atoms with Crippen molar-refractivity contribution < 1.29 is 4.74 Å². The second-order valence-electron chi connectivity index (χ2n) is 6.93. The fourth-order valence-corrected chi connectivity index (χ4v) is 3.93. The van der Waals surface area contributed by atoms with Gasteiger partial charge in [0.1, 0.15) is 5.75 Å². The Hall–Kier alpha value is -3.64. The molecule has 5 aromatic rings. The largest absolute Gasteiger partial charge is 0.495 e. The Morgan fingerprint density at radius 2 is 1.87 bits per heavy atom. The summed E-state index contributed by atoms with van der Waals surface area (Å²) in [5.41, 5.74) is 4.58. The van der Waals surface area contributed by atoms with Crippen molar-refractivity contribution in [3.63, 3.8) is 0 Å². The Kier molecular flexibility index (Phi) is 4.29. The average Bonchev–Trinajstić information content (AvgIpc) is 3.11. The number of methoxy groups -OCH3 is 1. The Morgan fingerprint density at radius 3 is 2.63 bits per heavy atom. The number of pyridine rings is 1. The topological polar surface area (TPSA) is 61.4 Å². The van der Waals surface area contributed by atoms with E-state index in [1.807, 2.05) is 43.3 Å². The van der Waals surface area contributed by atoms with E-state index in [9.17, 15) is 4.79 Å². The number of hydrogen-bond donors (Lipinski definition) is 0. The summed E-state index contributed by atoms with van der Waals surface area (Å²) in [6.07, 6.45) is 3.31. The van der Waals surface area contributed by atoms with Gasteiger partial charge in [0.25, 0.3) is 5.56 Å². The summed E-state index contributed by atoms with van der Waals surface area (Å²) in [7, 11) is 1.56. The van der Waals surface area contributed by atoms with Crippen LogP contribution in [0.2, 0.25) is 5.02 Å². The molecule has 3 heterocycles. The van der Waals surface area contributed by atoms with Crippen LogP contribution < -0.4 is 10.3 Å². The molecule has 0 aliphatic heterocycles. The molecule has 0 saturated heterocycles. The number of halogens is 1. The first kappa shape index (κ1) is 18.4. The van der Waals surface area contributed by atoms with Crippen LogP contribution in [0.1, 0.15) is 5.69 Å². The van der Waals surface area contributed by atoms with E-state index in [1.165, 1.54) is 4.57 Å². The van der Waals surface area contributed by atoms with Crippen LogP contribution in [0.5, 0.6) is 5.75 Å². The van der Waals surface area contributed by atoms with Gasteiger partial charge < -0.3 is 4.74 Å². The van der Waals surface area contributed by atoms with E-state index in [0.29, 0.717) is 33.0 Å². The lowest BCUT2D eigenvalue weighted by Crippen LogP contribution is -2.19. The number of nitrogens with zero attached hydrogens (tertiary/aromatic N) is 4. The number of rotatable bonds is 3. The Bertz CT molecular complexity index is 1470. The summed E-state index contributed by atoms with van der Waals surface area (Å²) in [5.74, 6) is 0.552. The zero-order valence-corrected chi connectivity index (χ0v) is 17.1. The second kappa shape index (κ2) is 7.00. The quantitative estimate of drug-likeness (QED) is 0.428. The average molecular weight is 417 g/mol. The van der Waals surface area contributed by atoms with Crippen molar-refractivity contribution in [2.75, 3.05) is 7.11 Å². The SMILES string of the molecule is COc1ccc(Cl)cc1-n1ccc2c(cnc3c(-c4ccccc4)c(C)nn32)c1=O. The third-order valence-corrected chi connectivity index (χ3v) is 5.38. The van der Waals surface area contributed by atoms with Crippen LogP contribution in [0.15, 0.2) is 71.8 Å². The van der Waals surface area contributed by atoms with Crippen LogP contribution >= 0.6 is 11.6 Å². The molecule has 0 atom stereocenters. The van der Waals surface area contributed by atoms with Gasteiger partial charge in [-0.15, -0.1) is 0 Å². The Labute approximate surface area is 176 Å². The standard InChI is InChI=1S/C23H17ClN4O2/c1-14-21(15-6-4-3-5-7-15)22-25-13-17-18(28(22)26-14)10-11-27(23(17)29)19-12-16(24)8-9-20(19)30-2/h3-13H,1-2H3. The molecule has 0 amide bonds. The van der Waals surface area contributed by atoms with E-state index in [4.69, 9.17) is 16.3 Å². The molecule has 30 heavy (non-hydrogen) atoms. The van der Waals surface area contributed by atoms with Crippen molar-refractivity contribution in [2.24, 2.45) is 0 Å². The molecule has 2 aromatic carbocycles. The molecule has 0 saturated carbocycles. The van der Waals surface area contributed by atoms with Crippen LogP contribution in [-0.4, -0.2) is 26.3 Å². The normalized spacial score (nSPS) is 11.3. The van der Waals surface area contributed by atoms with Crippen LogP contribution in [0.4, 0.5) is 0 Å². The number of ether oxygens (including phenoxy) is 1. The molecular formula is C23H17ClN4O2. The van der Waals surface area contributed by atoms with E-state index >= 15 is 0 Å². The summed E-state index contributed by atoms with van der Waals surface area (Å²) in [4.78, 5) is 17.9. The molecule has 6 nitrogen and oxygen atoms in total. The molecule has 0 bridgehead atoms. The van der Waals surface area contributed by atoms with Crippen LogP contribution in [-0.2, 0) is 0 Å². The zero-order chi connectivity index (χ0) is 20.8. The maximum absolute atomic E-state index is 13.3. The van der Waals surface area contributed by atoms with Gasteiger partial charge in [0.05, 0.1) is 29.4 Å². The highest BCUT2D eigenvalue weighted by molar-refractivity contribution is 6.30. The van der Waals surface area contributed by atoms with Gasteiger partial charge >= 0.3 is 0 Å². The minimum absolute atomic E-state index is 0.225. The Balaban J connectivity index is 1.78. The van der Waals surface area contributed by atoms with Crippen molar-refractivity contribution in [1.29, 1.82) is 0 Å². The molecule has 0 aliphatic carbocycles. The first-order valence-corrected chi connectivity index (χ1v) is 9.75. The number of aryl methyl sites for hydroxylation is 1. The fourth-order valence-electron chi connectivity index (χ4n) is 3.76. The highest BCUT2D eigenvalue weighted by Crippen LogP contribution is 2.29. The molecule has 0 radical (unpaired) electrons. The van der Waals surface area contributed by atoms with Gasteiger partial charge in [-0.2, -0.15) is 5.10 Å². The van der Waals surface area contributed by atoms with Gasteiger partial charge in [-0.05, 0) is 36.8 Å². The number of hydrogen-bond acceptors (Lipinski definition) is 4. The molecule has 148 valence electrons. The van der Waals surface area contributed by atoms with E-state index in [1.54, 1.807) is 42.2 Å². The zero-order valence-electron chi connectivity index (χ0n) is 16.3. The van der Waals surface area contributed by atoms with Gasteiger partial charge in [-0.25, -0.2) is 9.50 Å². The van der Waals surface area contributed by atoms with E-state index in [0.717, 1.165) is 16.8 Å². The van der Waals surface area contributed by atoms with Gasteiger partial charge in [0, 0.05) is 23.0 Å². The summed E-state index contributed by atoms with van der Waals surface area (Å²) in [6, 6.07) is 17.0. The van der Waals surface area contributed by atoms with Gasteiger partial charge in [0.15, 0.2) is 5.65 Å². The predicted molar refractivity (Wildman–Crippen MR) is 118 cm³/mol. The number of benzene rings is 2. The highest BCUT2D eigenvalue weighted by atomic mass is 35.5. The van der Waals surface area contributed by atoms with Crippen molar-refractivity contribution in [3.8, 4) is 22.6 Å². The Morgan fingerprint density at radius 1 is 1.07 bits per heavy atom. The number of aromatic nitrogens is 4. The second-order valence-corrected chi connectivity index (χ2v) is 7.36. The van der Waals surface area contributed by atoms with Crippen molar-refractivity contribution in [1.82, 2.24) is 19.2 Å². The highest BCUT2D eigenvalue weighted by Gasteiger charge is 2.17. The third-order valence-electron chi connectivity index (χ3n) is 5.15. The molecule has 0 unspecified atom stereocenters. The number of fused-ring (bicyclic) bond motifs is 3. The molecular weight excluding hydrogens is 400 g/mol. The molecule has 3 aromatic heterocycles. The molecule has 7 heteroatoms. The summed E-state index contributed by atoms with van der Waals surface area (Å²) in [6.45, 7) is 1.95. The summed E-state index contributed by atoms with van der Waals surface area (Å²) in [5, 5.41) is 5.64. The van der Waals surface area contributed by atoms with Crippen molar-refractivity contribution >= 4 is 28.2 Å². The van der Waals surface area contributed by atoms with E-state index in [-0.39, 0.29) is 5.56 Å². The lowest BCUT2D eigenvalue weighted by Gasteiger charge is -2.12. The van der Waals surface area contributed by atoms with Gasteiger partial charge in [0.2, 0.25) is 0 Å².